The second-order valence-corrected chi connectivity index (χ2v) is 8.97. The fourth-order valence-electron chi connectivity index (χ4n) is 3.72. The van der Waals surface area contributed by atoms with Gasteiger partial charge in [0.05, 0.1) is 18.9 Å². The van der Waals surface area contributed by atoms with Crippen LogP contribution in [0.5, 0.6) is 11.8 Å². The van der Waals surface area contributed by atoms with E-state index in [1.807, 2.05) is 6.92 Å². The normalized spacial score (nSPS) is 21.9. The zero-order valence-electron chi connectivity index (χ0n) is 17.7. The largest absolute Gasteiger partial charge is 0.486 e. The van der Waals surface area contributed by atoms with Gasteiger partial charge in [0.15, 0.2) is 11.4 Å². The van der Waals surface area contributed by atoms with Crippen molar-refractivity contribution < 1.29 is 14.4 Å². The summed E-state index contributed by atoms with van der Waals surface area (Å²) in [7, 11) is 0. The van der Waals surface area contributed by atoms with Crippen molar-refractivity contribution in [3.05, 3.63) is 28.7 Å². The first kappa shape index (κ1) is 20.3. The van der Waals surface area contributed by atoms with E-state index in [0.29, 0.717) is 18.2 Å². The molecule has 11 heteroatoms. The smallest absolute Gasteiger partial charge is 0.415 e. The summed E-state index contributed by atoms with van der Waals surface area (Å²) < 4.78 is 13.2. The van der Waals surface area contributed by atoms with Crippen LogP contribution in [0, 0.1) is 10.1 Å². The van der Waals surface area contributed by atoms with Gasteiger partial charge in [-0.2, -0.15) is 0 Å². The number of hydrogen-bond acceptors (Lipinski definition) is 9. The number of piperazine rings is 1. The number of rotatable bonds is 5. The van der Waals surface area contributed by atoms with Gasteiger partial charge in [0.2, 0.25) is 5.95 Å². The number of hydrogen-bond donors (Lipinski definition) is 0. The average Bonchev–Trinajstić information content (AvgIpc) is 3.22. The molecule has 2 aromatic rings. The summed E-state index contributed by atoms with van der Waals surface area (Å²) in [5.74, 6) is 1.03. The van der Waals surface area contributed by atoms with E-state index in [1.165, 1.54) is 6.20 Å². The summed E-state index contributed by atoms with van der Waals surface area (Å²) in [6, 6.07) is 0.230. The molecule has 0 amide bonds. The lowest BCUT2D eigenvalue weighted by Crippen LogP contribution is -2.53. The van der Waals surface area contributed by atoms with Crippen molar-refractivity contribution in [1.29, 1.82) is 0 Å². The van der Waals surface area contributed by atoms with Gasteiger partial charge in [0.25, 0.3) is 0 Å². The molecule has 162 valence electrons. The molecular formula is C19H27N7O4. The summed E-state index contributed by atoms with van der Waals surface area (Å²) in [5.41, 5.74) is -0.496. The lowest BCUT2D eigenvalue weighted by molar-refractivity contribution is -0.389. The van der Waals surface area contributed by atoms with E-state index in [4.69, 9.17) is 9.47 Å². The molecule has 0 saturated carbocycles. The van der Waals surface area contributed by atoms with Crippen molar-refractivity contribution in [2.24, 2.45) is 0 Å². The highest BCUT2D eigenvalue weighted by atomic mass is 16.6. The highest BCUT2D eigenvalue weighted by molar-refractivity contribution is 5.32. The van der Waals surface area contributed by atoms with Gasteiger partial charge in [-0.3, -0.25) is 9.47 Å². The lowest BCUT2D eigenvalue weighted by atomic mass is 10.1. The molecule has 0 spiro atoms. The third-order valence-electron chi connectivity index (χ3n) is 5.43. The van der Waals surface area contributed by atoms with Gasteiger partial charge in [0, 0.05) is 36.7 Å². The standard InChI is InChI=1S/C19H27N7O4/c1-18(2,3)25-7-5-23(6-8-25)16-20-9-14(10-21-16)29-13-19(4)12-24-11-15(26(27)28)22-17(24)30-19/h9-11H,5-8,12-13H2,1-4H3/t19-/m1/s1. The van der Waals surface area contributed by atoms with Crippen molar-refractivity contribution in [1.82, 2.24) is 24.4 Å². The first-order chi connectivity index (χ1) is 14.1. The molecule has 4 heterocycles. The van der Waals surface area contributed by atoms with Gasteiger partial charge in [-0.15, -0.1) is 0 Å². The molecule has 0 aliphatic carbocycles. The number of imidazole rings is 1. The number of ether oxygens (including phenoxy) is 2. The lowest BCUT2D eigenvalue weighted by Gasteiger charge is -2.42. The minimum Gasteiger partial charge on any atom is -0.486 e. The Hall–Kier alpha value is -2.95. The fraction of sp³-hybridized carbons (Fsp3) is 0.632. The van der Waals surface area contributed by atoms with Crippen LogP contribution in [0.3, 0.4) is 0 Å². The molecule has 1 atom stereocenters. The predicted molar refractivity (Wildman–Crippen MR) is 109 cm³/mol. The molecule has 0 bridgehead atoms. The molecule has 2 aliphatic rings. The Labute approximate surface area is 174 Å². The maximum atomic E-state index is 10.8. The van der Waals surface area contributed by atoms with Crippen LogP contribution in [0.2, 0.25) is 0 Å². The van der Waals surface area contributed by atoms with E-state index >= 15 is 0 Å². The van der Waals surface area contributed by atoms with E-state index in [2.05, 4.69) is 45.5 Å². The van der Waals surface area contributed by atoms with Gasteiger partial charge in [-0.1, -0.05) is 0 Å². The first-order valence-electron chi connectivity index (χ1n) is 9.98. The molecular weight excluding hydrogens is 390 g/mol. The van der Waals surface area contributed by atoms with Gasteiger partial charge in [0.1, 0.15) is 12.8 Å². The van der Waals surface area contributed by atoms with Crippen LogP contribution in [-0.4, -0.2) is 73.3 Å². The monoisotopic (exact) mass is 417 g/mol. The molecule has 0 radical (unpaired) electrons. The number of fused-ring (bicyclic) bond motifs is 1. The number of aromatic nitrogens is 4. The Morgan fingerprint density at radius 1 is 1.23 bits per heavy atom. The highest BCUT2D eigenvalue weighted by Crippen LogP contribution is 2.31. The van der Waals surface area contributed by atoms with Crippen LogP contribution in [0.25, 0.3) is 0 Å². The van der Waals surface area contributed by atoms with Crippen LogP contribution in [0.15, 0.2) is 18.6 Å². The average molecular weight is 417 g/mol. The Bertz CT molecular complexity index is 890. The van der Waals surface area contributed by atoms with Crippen LogP contribution < -0.4 is 14.4 Å². The van der Waals surface area contributed by atoms with Gasteiger partial charge in [-0.05, 0) is 32.6 Å². The molecule has 2 aromatic heterocycles. The topological polar surface area (TPSA) is 112 Å². The van der Waals surface area contributed by atoms with Crippen molar-refractivity contribution in [3.63, 3.8) is 0 Å². The number of nitrogens with zero attached hydrogens (tertiary/aromatic N) is 7. The van der Waals surface area contributed by atoms with E-state index < -0.39 is 10.5 Å². The SMILES string of the molecule is CC(C)(C)N1CCN(c2ncc(OC[C@@]3(C)Cn4cc([N+](=O)[O-])nc4O3)cn2)CC1. The Kier molecular flexibility index (Phi) is 5.00. The Morgan fingerprint density at radius 3 is 2.47 bits per heavy atom. The quantitative estimate of drug-likeness (QED) is 0.530. The van der Waals surface area contributed by atoms with E-state index in [1.54, 1.807) is 17.0 Å². The molecule has 1 fully saturated rings. The molecule has 1 saturated heterocycles. The van der Waals surface area contributed by atoms with E-state index in [9.17, 15) is 10.1 Å². The number of nitro groups is 1. The summed E-state index contributed by atoms with van der Waals surface area (Å²) in [6.07, 6.45) is 4.71. The van der Waals surface area contributed by atoms with Crippen molar-refractivity contribution >= 4 is 11.8 Å². The second kappa shape index (κ2) is 7.38. The zero-order valence-corrected chi connectivity index (χ0v) is 17.7. The Morgan fingerprint density at radius 2 is 1.90 bits per heavy atom. The van der Waals surface area contributed by atoms with E-state index in [0.717, 1.165) is 26.2 Å². The third kappa shape index (κ3) is 4.16. The Balaban J connectivity index is 1.30. The molecule has 2 aliphatic heterocycles. The minimum atomic E-state index is -0.667. The van der Waals surface area contributed by atoms with Gasteiger partial charge in [-0.25, -0.2) is 9.97 Å². The fourth-order valence-corrected chi connectivity index (χ4v) is 3.72. The molecule has 11 nitrogen and oxygen atoms in total. The molecule has 30 heavy (non-hydrogen) atoms. The van der Waals surface area contributed by atoms with E-state index in [-0.39, 0.29) is 24.0 Å². The molecule has 0 aromatic carbocycles. The second-order valence-electron chi connectivity index (χ2n) is 8.97. The predicted octanol–water partition coefficient (Wildman–Crippen LogP) is 1.73. The summed E-state index contributed by atoms with van der Waals surface area (Å²) in [5, 5.41) is 10.8. The minimum absolute atomic E-state index is 0.171. The summed E-state index contributed by atoms with van der Waals surface area (Å²) in [6.45, 7) is 13.0. The number of anilines is 1. The van der Waals surface area contributed by atoms with Crippen molar-refractivity contribution in [2.75, 3.05) is 37.7 Å². The third-order valence-corrected chi connectivity index (χ3v) is 5.43. The highest BCUT2D eigenvalue weighted by Gasteiger charge is 2.41. The maximum absolute atomic E-state index is 10.8. The first-order valence-corrected chi connectivity index (χ1v) is 9.98. The van der Waals surface area contributed by atoms with Crippen LogP contribution in [-0.2, 0) is 6.54 Å². The summed E-state index contributed by atoms with van der Waals surface area (Å²) in [4.78, 5) is 27.7. The molecule has 4 rings (SSSR count). The van der Waals surface area contributed by atoms with Crippen LogP contribution >= 0.6 is 0 Å². The van der Waals surface area contributed by atoms with Crippen LogP contribution in [0.4, 0.5) is 11.8 Å². The maximum Gasteiger partial charge on any atom is 0.415 e. The molecule has 0 unspecified atom stereocenters. The van der Waals surface area contributed by atoms with Crippen molar-refractivity contribution in [3.8, 4) is 11.8 Å². The zero-order chi connectivity index (χ0) is 21.5. The van der Waals surface area contributed by atoms with Crippen LogP contribution in [0.1, 0.15) is 27.7 Å². The van der Waals surface area contributed by atoms with Crippen molar-refractivity contribution in [2.45, 2.75) is 45.4 Å². The van der Waals surface area contributed by atoms with Gasteiger partial charge < -0.3 is 24.5 Å². The van der Waals surface area contributed by atoms with Gasteiger partial charge >= 0.3 is 11.8 Å². The molecule has 0 N–H and O–H groups in total. The summed E-state index contributed by atoms with van der Waals surface area (Å²) >= 11 is 0.